The molecule has 0 aromatic heterocycles. The molecular formula is C5H9N3. The van der Waals surface area contributed by atoms with Crippen LogP contribution in [0.2, 0.25) is 0 Å². The second-order valence-electron chi connectivity index (χ2n) is 1.51. The van der Waals surface area contributed by atoms with E-state index in [4.69, 9.17) is 5.26 Å². The van der Waals surface area contributed by atoms with Crippen molar-refractivity contribution in [3.63, 3.8) is 0 Å². The van der Waals surface area contributed by atoms with E-state index in [2.05, 4.69) is 5.10 Å². The van der Waals surface area contributed by atoms with Crippen LogP contribution < -0.4 is 0 Å². The lowest BCUT2D eigenvalue weighted by atomic mass is 10.5. The molecular weight excluding hydrogens is 102 g/mol. The van der Waals surface area contributed by atoms with Gasteiger partial charge in [0.25, 0.3) is 0 Å². The first-order valence-corrected chi connectivity index (χ1v) is 2.34. The number of hydrazone groups is 1. The van der Waals surface area contributed by atoms with Crippen molar-refractivity contribution in [2.45, 2.75) is 6.42 Å². The van der Waals surface area contributed by atoms with Crippen molar-refractivity contribution in [3.8, 4) is 6.07 Å². The summed E-state index contributed by atoms with van der Waals surface area (Å²) in [5, 5.41) is 13.5. The Morgan fingerprint density at radius 2 is 2.38 bits per heavy atom. The van der Waals surface area contributed by atoms with Gasteiger partial charge >= 0.3 is 0 Å². The van der Waals surface area contributed by atoms with E-state index in [-0.39, 0.29) is 0 Å². The minimum absolute atomic E-state index is 0.387. The number of hydrogen-bond donors (Lipinski definition) is 0. The predicted molar refractivity (Wildman–Crippen MR) is 32.4 cm³/mol. The lowest BCUT2D eigenvalue weighted by Gasteiger charge is -1.99. The molecule has 0 radical (unpaired) electrons. The predicted octanol–water partition coefficient (Wildman–Crippen LogP) is 0.447. The second kappa shape index (κ2) is 4.13. The molecule has 0 saturated heterocycles. The van der Waals surface area contributed by atoms with Crippen molar-refractivity contribution < 1.29 is 0 Å². The lowest BCUT2D eigenvalue weighted by Crippen LogP contribution is -2.00. The van der Waals surface area contributed by atoms with Crippen molar-refractivity contribution in [3.05, 3.63) is 0 Å². The maximum absolute atomic E-state index is 8.02. The molecule has 0 bridgehead atoms. The van der Waals surface area contributed by atoms with Gasteiger partial charge in [-0.15, -0.1) is 0 Å². The van der Waals surface area contributed by atoms with Crippen LogP contribution in [0.4, 0.5) is 0 Å². The average molecular weight is 111 g/mol. The van der Waals surface area contributed by atoms with Gasteiger partial charge in [0.1, 0.15) is 0 Å². The first-order valence-electron chi connectivity index (χ1n) is 2.34. The first kappa shape index (κ1) is 6.96. The Morgan fingerprint density at radius 3 is 2.75 bits per heavy atom. The van der Waals surface area contributed by atoms with Crippen molar-refractivity contribution in [1.82, 2.24) is 5.01 Å². The Bertz CT molecular complexity index is 109. The van der Waals surface area contributed by atoms with E-state index in [1.54, 1.807) is 11.2 Å². The van der Waals surface area contributed by atoms with E-state index >= 15 is 0 Å². The van der Waals surface area contributed by atoms with E-state index in [9.17, 15) is 0 Å². The quantitative estimate of drug-likeness (QED) is 0.383. The minimum atomic E-state index is 0.387. The summed E-state index contributed by atoms with van der Waals surface area (Å²) >= 11 is 0. The topological polar surface area (TPSA) is 39.4 Å². The van der Waals surface area contributed by atoms with Crippen molar-refractivity contribution >= 4 is 6.21 Å². The third-order valence-electron chi connectivity index (χ3n) is 0.495. The molecule has 0 aliphatic heterocycles. The Hall–Kier alpha value is -1.04. The third kappa shape index (κ3) is 4.96. The summed E-state index contributed by atoms with van der Waals surface area (Å²) in [7, 11) is 3.63. The highest BCUT2D eigenvalue weighted by Gasteiger charge is 1.73. The molecule has 44 valence electrons. The molecule has 0 aromatic carbocycles. The summed E-state index contributed by atoms with van der Waals surface area (Å²) < 4.78 is 0. The molecule has 0 fully saturated rings. The van der Waals surface area contributed by atoms with Gasteiger partial charge < -0.3 is 5.01 Å². The summed E-state index contributed by atoms with van der Waals surface area (Å²) in [5.41, 5.74) is 0. The van der Waals surface area contributed by atoms with Crippen molar-refractivity contribution in [2.24, 2.45) is 5.10 Å². The van der Waals surface area contributed by atoms with Gasteiger partial charge in [-0.3, -0.25) is 0 Å². The average Bonchev–Trinajstić information content (AvgIpc) is 1.66. The molecule has 0 saturated carbocycles. The lowest BCUT2D eigenvalue weighted by molar-refractivity contribution is 0.439. The van der Waals surface area contributed by atoms with Crippen LogP contribution in [0.5, 0.6) is 0 Å². The molecule has 0 spiro atoms. The zero-order chi connectivity index (χ0) is 6.41. The molecule has 0 aliphatic rings. The van der Waals surface area contributed by atoms with Crippen LogP contribution in [-0.4, -0.2) is 25.3 Å². The maximum Gasteiger partial charge on any atom is 0.0722 e. The fourth-order valence-electron chi connectivity index (χ4n) is 0.245. The van der Waals surface area contributed by atoms with E-state index < -0.39 is 0 Å². The molecule has 0 aliphatic carbocycles. The van der Waals surface area contributed by atoms with Gasteiger partial charge in [0.05, 0.1) is 12.5 Å². The van der Waals surface area contributed by atoms with Crippen LogP contribution in [0, 0.1) is 11.3 Å². The van der Waals surface area contributed by atoms with Crippen LogP contribution in [0.15, 0.2) is 5.10 Å². The normalized spacial score (nSPS) is 9.12. The highest BCUT2D eigenvalue weighted by Crippen LogP contribution is 1.73. The summed E-state index contributed by atoms with van der Waals surface area (Å²) in [4.78, 5) is 0. The van der Waals surface area contributed by atoms with Crippen LogP contribution in [-0.2, 0) is 0 Å². The Kier molecular flexibility index (Phi) is 3.59. The number of rotatable bonds is 2. The fraction of sp³-hybridized carbons (Fsp3) is 0.600. The molecule has 3 nitrogen and oxygen atoms in total. The zero-order valence-corrected chi connectivity index (χ0v) is 5.13. The standard InChI is InChI=1S/C5H9N3/c1-8(2)7-5-3-4-6/h5H,3H2,1-2H3. The van der Waals surface area contributed by atoms with Crippen LogP contribution in [0.1, 0.15) is 6.42 Å². The largest absolute Gasteiger partial charge is 0.303 e. The van der Waals surface area contributed by atoms with Gasteiger partial charge in [-0.1, -0.05) is 0 Å². The summed E-state index contributed by atoms with van der Waals surface area (Å²) in [5.74, 6) is 0. The highest BCUT2D eigenvalue weighted by molar-refractivity contribution is 5.59. The van der Waals surface area contributed by atoms with E-state index in [1.165, 1.54) is 0 Å². The highest BCUT2D eigenvalue weighted by atomic mass is 15.4. The molecule has 3 heteroatoms. The molecule has 0 rings (SSSR count). The van der Waals surface area contributed by atoms with Gasteiger partial charge in [0.2, 0.25) is 0 Å². The number of nitriles is 1. The van der Waals surface area contributed by atoms with E-state index in [0.29, 0.717) is 6.42 Å². The number of nitrogens with zero attached hydrogens (tertiary/aromatic N) is 3. The monoisotopic (exact) mass is 111 g/mol. The van der Waals surface area contributed by atoms with Gasteiger partial charge in [-0.05, 0) is 0 Å². The fourth-order valence-corrected chi connectivity index (χ4v) is 0.245. The molecule has 0 amide bonds. The summed E-state index contributed by atoms with van der Waals surface area (Å²) in [6.45, 7) is 0. The third-order valence-corrected chi connectivity index (χ3v) is 0.495. The van der Waals surface area contributed by atoms with Crippen LogP contribution >= 0.6 is 0 Å². The molecule has 0 atom stereocenters. The Balaban J connectivity index is 3.23. The van der Waals surface area contributed by atoms with Crippen LogP contribution in [0.25, 0.3) is 0 Å². The van der Waals surface area contributed by atoms with Gasteiger partial charge in [-0.2, -0.15) is 10.4 Å². The molecule has 0 aromatic rings. The van der Waals surface area contributed by atoms with Gasteiger partial charge in [0, 0.05) is 20.3 Å². The van der Waals surface area contributed by atoms with E-state index in [1.807, 2.05) is 20.2 Å². The van der Waals surface area contributed by atoms with Crippen LogP contribution in [0.3, 0.4) is 0 Å². The summed E-state index contributed by atoms with van der Waals surface area (Å²) in [6, 6.07) is 1.95. The Labute approximate surface area is 49.2 Å². The molecule has 0 unspecified atom stereocenters. The van der Waals surface area contributed by atoms with Gasteiger partial charge in [-0.25, -0.2) is 0 Å². The van der Waals surface area contributed by atoms with Crippen molar-refractivity contribution in [1.29, 1.82) is 5.26 Å². The smallest absolute Gasteiger partial charge is 0.0722 e. The van der Waals surface area contributed by atoms with E-state index in [0.717, 1.165) is 0 Å². The molecule has 0 N–H and O–H groups in total. The SMILES string of the molecule is CN(C)N=CCC#N. The summed E-state index contributed by atoms with van der Waals surface area (Å²) in [6.07, 6.45) is 1.96. The number of hydrogen-bond acceptors (Lipinski definition) is 3. The van der Waals surface area contributed by atoms with Crippen molar-refractivity contribution in [2.75, 3.05) is 14.1 Å². The zero-order valence-electron chi connectivity index (χ0n) is 5.13. The molecule has 0 heterocycles. The molecule has 8 heavy (non-hydrogen) atoms. The first-order chi connectivity index (χ1) is 3.77. The maximum atomic E-state index is 8.02. The minimum Gasteiger partial charge on any atom is -0.303 e. The Morgan fingerprint density at radius 1 is 1.75 bits per heavy atom. The van der Waals surface area contributed by atoms with Gasteiger partial charge in [0.15, 0.2) is 0 Å². The second-order valence-corrected chi connectivity index (χ2v) is 1.51.